The number of nitroso groups, excluding NO2 is 2. The number of nitrogens with zero attached hydrogens (tertiary/aromatic N) is 2. The van der Waals surface area contributed by atoms with Crippen LogP contribution in [-0.2, 0) is 4.74 Å². The predicted octanol–water partition coefficient (Wildman–Crippen LogP) is -0.644. The predicted molar refractivity (Wildman–Crippen MR) is 41.7 cm³/mol. The molecule has 2 N–H and O–H groups in total. The van der Waals surface area contributed by atoms with E-state index in [1.54, 1.807) is 0 Å². The highest BCUT2D eigenvalue weighted by atomic mass is 16.6. The summed E-state index contributed by atoms with van der Waals surface area (Å²) in [7, 11) is 0. The first kappa shape index (κ1) is 10.2. The van der Waals surface area contributed by atoms with E-state index in [-0.39, 0.29) is 6.42 Å². The summed E-state index contributed by atoms with van der Waals surface area (Å²) in [5.41, 5.74) is 0. The topological polar surface area (TPSA) is 109 Å². The summed E-state index contributed by atoms with van der Waals surface area (Å²) in [6.07, 6.45) is -2.18. The SMILES string of the molecule is O=NC1CC(N=O)C(CO)OC1O. The van der Waals surface area contributed by atoms with Gasteiger partial charge < -0.3 is 14.9 Å². The molecule has 1 heterocycles. The van der Waals surface area contributed by atoms with Crippen molar-refractivity contribution in [3.05, 3.63) is 9.81 Å². The van der Waals surface area contributed by atoms with Gasteiger partial charge in [0, 0.05) is 6.42 Å². The highest BCUT2D eigenvalue weighted by Crippen LogP contribution is 2.23. The van der Waals surface area contributed by atoms with Crippen LogP contribution in [0.25, 0.3) is 0 Å². The Labute approximate surface area is 73.6 Å². The number of hydrogen-bond donors (Lipinski definition) is 2. The van der Waals surface area contributed by atoms with Crippen LogP contribution in [0.3, 0.4) is 0 Å². The number of aliphatic hydroxyl groups is 2. The first-order valence-corrected chi connectivity index (χ1v) is 3.82. The monoisotopic (exact) mass is 190 g/mol. The fourth-order valence-corrected chi connectivity index (χ4v) is 1.25. The molecular formula is C6H10N2O5. The van der Waals surface area contributed by atoms with E-state index >= 15 is 0 Å². The van der Waals surface area contributed by atoms with Crippen LogP contribution in [0.1, 0.15) is 6.42 Å². The Balaban J connectivity index is 2.64. The molecule has 0 aromatic heterocycles. The summed E-state index contributed by atoms with van der Waals surface area (Å²) in [5, 5.41) is 23.1. The van der Waals surface area contributed by atoms with E-state index in [9.17, 15) is 9.81 Å². The maximum atomic E-state index is 10.2. The Morgan fingerprint density at radius 2 is 1.92 bits per heavy atom. The smallest absolute Gasteiger partial charge is 0.181 e. The largest absolute Gasteiger partial charge is 0.394 e. The van der Waals surface area contributed by atoms with Gasteiger partial charge in [-0.15, -0.1) is 0 Å². The zero-order valence-electron chi connectivity index (χ0n) is 6.74. The summed E-state index contributed by atoms with van der Waals surface area (Å²) >= 11 is 0. The number of hydrogen-bond acceptors (Lipinski definition) is 7. The summed E-state index contributed by atoms with van der Waals surface area (Å²) in [6.45, 7) is -0.418. The minimum atomic E-state index is -1.35. The van der Waals surface area contributed by atoms with Crippen LogP contribution in [0.4, 0.5) is 0 Å². The van der Waals surface area contributed by atoms with Crippen LogP contribution in [0.15, 0.2) is 10.4 Å². The van der Waals surface area contributed by atoms with Crippen molar-refractivity contribution in [2.75, 3.05) is 6.61 Å². The molecule has 0 aromatic carbocycles. The molecule has 1 rings (SSSR count). The van der Waals surface area contributed by atoms with Gasteiger partial charge in [-0.3, -0.25) is 0 Å². The van der Waals surface area contributed by atoms with Gasteiger partial charge in [0.2, 0.25) is 0 Å². The zero-order valence-corrected chi connectivity index (χ0v) is 6.74. The van der Waals surface area contributed by atoms with Gasteiger partial charge in [-0.2, -0.15) is 9.81 Å². The standard InChI is InChI=1S/C6H10N2O5/c9-2-5-3(7-11)1-4(8-12)6(10)13-5/h3-6,9-10H,1-2H2. The Kier molecular flexibility index (Phi) is 3.40. The van der Waals surface area contributed by atoms with Crippen LogP contribution in [-0.4, -0.2) is 41.3 Å². The van der Waals surface area contributed by atoms with E-state index in [0.29, 0.717) is 0 Å². The van der Waals surface area contributed by atoms with Gasteiger partial charge in [-0.05, 0) is 0 Å². The van der Waals surface area contributed by atoms with Crippen LogP contribution in [0.2, 0.25) is 0 Å². The summed E-state index contributed by atoms with van der Waals surface area (Å²) in [6, 6.07) is -1.80. The van der Waals surface area contributed by atoms with Gasteiger partial charge in [-0.1, -0.05) is 10.4 Å². The van der Waals surface area contributed by atoms with E-state index in [1.165, 1.54) is 0 Å². The summed E-state index contributed by atoms with van der Waals surface area (Å²) in [4.78, 5) is 20.4. The first-order valence-electron chi connectivity index (χ1n) is 3.82. The van der Waals surface area contributed by atoms with Gasteiger partial charge in [0.25, 0.3) is 0 Å². The molecule has 0 amide bonds. The lowest BCUT2D eigenvalue weighted by molar-refractivity contribution is -0.187. The second-order valence-electron chi connectivity index (χ2n) is 2.83. The highest BCUT2D eigenvalue weighted by molar-refractivity contribution is 4.88. The molecule has 74 valence electrons. The van der Waals surface area contributed by atoms with Gasteiger partial charge in [-0.25, -0.2) is 0 Å². The Bertz CT molecular complexity index is 199. The summed E-state index contributed by atoms with van der Waals surface area (Å²) in [5.74, 6) is 0. The Morgan fingerprint density at radius 3 is 2.38 bits per heavy atom. The molecule has 7 nitrogen and oxygen atoms in total. The lowest BCUT2D eigenvalue weighted by atomic mass is 10.00. The van der Waals surface area contributed by atoms with Gasteiger partial charge >= 0.3 is 0 Å². The minimum Gasteiger partial charge on any atom is -0.394 e. The maximum absolute atomic E-state index is 10.2. The van der Waals surface area contributed by atoms with Crippen molar-refractivity contribution < 1.29 is 14.9 Å². The van der Waals surface area contributed by atoms with E-state index in [0.717, 1.165) is 0 Å². The molecule has 0 spiro atoms. The third kappa shape index (κ3) is 2.06. The van der Waals surface area contributed by atoms with Crippen LogP contribution >= 0.6 is 0 Å². The van der Waals surface area contributed by atoms with Crippen molar-refractivity contribution in [2.45, 2.75) is 30.9 Å². The van der Waals surface area contributed by atoms with E-state index in [4.69, 9.17) is 14.9 Å². The highest BCUT2D eigenvalue weighted by Gasteiger charge is 2.38. The van der Waals surface area contributed by atoms with Crippen molar-refractivity contribution in [3.8, 4) is 0 Å². The first-order chi connectivity index (χ1) is 6.22. The van der Waals surface area contributed by atoms with E-state index < -0.39 is 31.1 Å². The molecule has 0 saturated carbocycles. The third-order valence-electron chi connectivity index (χ3n) is 2.01. The second-order valence-corrected chi connectivity index (χ2v) is 2.83. The van der Waals surface area contributed by atoms with Gasteiger partial charge in [0.05, 0.1) is 6.61 Å². The normalized spacial score (nSPS) is 39.8. The van der Waals surface area contributed by atoms with Crippen molar-refractivity contribution in [1.82, 2.24) is 0 Å². The fraction of sp³-hybridized carbons (Fsp3) is 1.00. The quantitative estimate of drug-likeness (QED) is 0.575. The van der Waals surface area contributed by atoms with Crippen LogP contribution in [0, 0.1) is 9.81 Å². The average Bonchev–Trinajstić information content (AvgIpc) is 2.17. The molecule has 13 heavy (non-hydrogen) atoms. The average molecular weight is 190 g/mol. The van der Waals surface area contributed by atoms with Crippen molar-refractivity contribution in [1.29, 1.82) is 0 Å². The minimum absolute atomic E-state index is 0.0133. The molecule has 7 heteroatoms. The number of rotatable bonds is 3. The van der Waals surface area contributed by atoms with Gasteiger partial charge in [0.15, 0.2) is 6.29 Å². The summed E-state index contributed by atoms with van der Waals surface area (Å²) < 4.78 is 4.76. The number of ether oxygens (including phenoxy) is 1. The zero-order chi connectivity index (χ0) is 9.84. The molecule has 4 unspecified atom stereocenters. The fourth-order valence-electron chi connectivity index (χ4n) is 1.25. The second kappa shape index (κ2) is 4.35. The van der Waals surface area contributed by atoms with Crippen LogP contribution in [0.5, 0.6) is 0 Å². The van der Waals surface area contributed by atoms with E-state index in [1.807, 2.05) is 0 Å². The Hall–Kier alpha value is -0.920. The van der Waals surface area contributed by atoms with Crippen molar-refractivity contribution in [3.63, 3.8) is 0 Å². The molecule has 1 aliphatic rings. The molecule has 1 saturated heterocycles. The Morgan fingerprint density at radius 1 is 1.31 bits per heavy atom. The molecule has 0 radical (unpaired) electrons. The van der Waals surface area contributed by atoms with Crippen molar-refractivity contribution >= 4 is 0 Å². The molecule has 4 atom stereocenters. The van der Waals surface area contributed by atoms with Crippen LogP contribution < -0.4 is 0 Å². The lowest BCUT2D eigenvalue weighted by Crippen LogP contribution is -2.47. The molecular weight excluding hydrogens is 180 g/mol. The molecule has 0 bridgehead atoms. The molecule has 0 aromatic rings. The third-order valence-corrected chi connectivity index (χ3v) is 2.01. The number of aliphatic hydroxyl groups excluding tert-OH is 2. The molecule has 0 aliphatic carbocycles. The molecule has 1 aliphatic heterocycles. The maximum Gasteiger partial charge on any atom is 0.181 e. The van der Waals surface area contributed by atoms with Crippen molar-refractivity contribution in [2.24, 2.45) is 10.4 Å². The van der Waals surface area contributed by atoms with E-state index in [2.05, 4.69) is 10.4 Å². The lowest BCUT2D eigenvalue weighted by Gasteiger charge is -2.31. The van der Waals surface area contributed by atoms with Gasteiger partial charge in [0.1, 0.15) is 18.2 Å². The molecule has 1 fully saturated rings.